The molecule has 0 aromatic rings. The van der Waals surface area contributed by atoms with Gasteiger partial charge in [-0.2, -0.15) is 0 Å². The molecular weight excluding hydrogens is 961 g/mol. The molecule has 0 heterocycles. The van der Waals surface area contributed by atoms with Crippen LogP contribution in [0.1, 0.15) is 348 Å². The Kier molecular flexibility index (Phi) is 63.7. The summed E-state index contributed by atoms with van der Waals surface area (Å²) in [6.07, 6.45) is 86.7. The zero-order valence-electron chi connectivity index (χ0n) is 51.9. The Morgan fingerprint density at radius 2 is 0.500 bits per heavy atom. The summed E-state index contributed by atoms with van der Waals surface area (Å²) in [6, 6.07) is 0. The monoisotopic (exact) mass is 1090 g/mol. The molecule has 6 heteroatoms. The number of hydrogen-bond acceptors (Lipinski definition) is 6. The largest absolute Gasteiger partial charge is 0.462 e. The summed E-state index contributed by atoms with van der Waals surface area (Å²) in [5.74, 6) is -0.864. The van der Waals surface area contributed by atoms with Gasteiger partial charge in [0.2, 0.25) is 0 Å². The van der Waals surface area contributed by atoms with Gasteiger partial charge in [-0.25, -0.2) is 0 Å². The van der Waals surface area contributed by atoms with E-state index in [0.29, 0.717) is 19.3 Å². The van der Waals surface area contributed by atoms with E-state index in [1.807, 2.05) is 0 Å². The van der Waals surface area contributed by atoms with E-state index in [9.17, 15) is 14.4 Å². The van der Waals surface area contributed by atoms with Gasteiger partial charge in [-0.05, 0) is 89.9 Å². The number of hydrogen-bond donors (Lipinski definition) is 0. The van der Waals surface area contributed by atoms with Crippen LogP contribution in [0.4, 0.5) is 0 Å². The van der Waals surface area contributed by atoms with E-state index in [2.05, 4.69) is 93.7 Å². The van der Waals surface area contributed by atoms with Gasteiger partial charge in [0.05, 0.1) is 0 Å². The lowest BCUT2D eigenvalue weighted by atomic mass is 10.0. The molecule has 0 radical (unpaired) electrons. The van der Waals surface area contributed by atoms with Crippen LogP contribution >= 0.6 is 0 Å². The van der Waals surface area contributed by atoms with Gasteiger partial charge >= 0.3 is 17.9 Å². The van der Waals surface area contributed by atoms with Crippen LogP contribution in [0.3, 0.4) is 0 Å². The predicted molar refractivity (Wildman–Crippen MR) is 339 cm³/mol. The van der Waals surface area contributed by atoms with Crippen molar-refractivity contribution in [2.45, 2.75) is 354 Å². The van der Waals surface area contributed by atoms with E-state index in [1.165, 1.54) is 218 Å². The fourth-order valence-corrected chi connectivity index (χ4v) is 9.88. The molecule has 0 N–H and O–H groups in total. The fourth-order valence-electron chi connectivity index (χ4n) is 9.88. The summed E-state index contributed by atoms with van der Waals surface area (Å²) in [6.45, 7) is 6.52. The van der Waals surface area contributed by atoms with Crippen molar-refractivity contribution in [2.24, 2.45) is 0 Å². The smallest absolute Gasteiger partial charge is 0.306 e. The Morgan fingerprint density at radius 3 is 0.795 bits per heavy atom. The van der Waals surface area contributed by atoms with Crippen molar-refractivity contribution in [3.05, 3.63) is 72.9 Å². The molecule has 0 aliphatic carbocycles. The van der Waals surface area contributed by atoms with Crippen molar-refractivity contribution < 1.29 is 28.6 Å². The highest BCUT2D eigenvalue weighted by Crippen LogP contribution is 2.17. The van der Waals surface area contributed by atoms with E-state index < -0.39 is 6.10 Å². The minimum atomic E-state index is -0.772. The maximum absolute atomic E-state index is 12.9. The van der Waals surface area contributed by atoms with E-state index in [-0.39, 0.29) is 31.1 Å². The van der Waals surface area contributed by atoms with Gasteiger partial charge in [-0.3, -0.25) is 14.4 Å². The normalized spacial score (nSPS) is 12.5. The third-order valence-electron chi connectivity index (χ3n) is 14.9. The van der Waals surface area contributed by atoms with Crippen molar-refractivity contribution in [1.29, 1.82) is 0 Å². The highest BCUT2D eigenvalue weighted by atomic mass is 16.6. The summed E-state index contributed by atoms with van der Waals surface area (Å²) < 4.78 is 16.9. The molecule has 1 unspecified atom stereocenters. The molecule has 0 saturated heterocycles. The molecule has 0 fully saturated rings. The van der Waals surface area contributed by atoms with E-state index in [0.717, 1.165) is 89.9 Å². The highest BCUT2D eigenvalue weighted by molar-refractivity contribution is 5.71. The molecule has 0 amide bonds. The topological polar surface area (TPSA) is 78.9 Å². The molecule has 0 aliphatic heterocycles. The summed E-state index contributed by atoms with van der Waals surface area (Å²) in [7, 11) is 0. The molecule has 0 spiro atoms. The van der Waals surface area contributed by atoms with Gasteiger partial charge in [0.15, 0.2) is 6.10 Å². The molecule has 0 saturated carbocycles. The van der Waals surface area contributed by atoms with Gasteiger partial charge in [-0.15, -0.1) is 0 Å². The summed E-state index contributed by atoms with van der Waals surface area (Å²) in [5, 5.41) is 0. The Morgan fingerprint density at radius 1 is 0.269 bits per heavy atom. The van der Waals surface area contributed by atoms with Crippen molar-refractivity contribution in [2.75, 3.05) is 13.2 Å². The summed E-state index contributed by atoms with van der Waals surface area (Å²) in [4.78, 5) is 38.1. The molecule has 0 aromatic heterocycles. The van der Waals surface area contributed by atoms with Crippen LogP contribution in [-0.4, -0.2) is 37.2 Å². The predicted octanol–water partition coefficient (Wildman–Crippen LogP) is 23.3. The molecule has 452 valence electrons. The molecule has 0 bridgehead atoms. The van der Waals surface area contributed by atoms with Gasteiger partial charge in [0.1, 0.15) is 13.2 Å². The summed E-state index contributed by atoms with van der Waals surface area (Å²) in [5.41, 5.74) is 0. The number of esters is 3. The van der Waals surface area contributed by atoms with Crippen LogP contribution in [0.5, 0.6) is 0 Å². The van der Waals surface area contributed by atoms with Crippen LogP contribution in [0.25, 0.3) is 0 Å². The third kappa shape index (κ3) is 63.7. The van der Waals surface area contributed by atoms with E-state index in [1.54, 1.807) is 0 Å². The van der Waals surface area contributed by atoms with Gasteiger partial charge in [-0.1, -0.05) is 312 Å². The number of rotatable bonds is 62. The van der Waals surface area contributed by atoms with E-state index >= 15 is 0 Å². The summed E-state index contributed by atoms with van der Waals surface area (Å²) >= 11 is 0. The number of carbonyl (C=O) groups is 3. The first-order chi connectivity index (χ1) is 38.5. The quantitative estimate of drug-likeness (QED) is 0.0261. The zero-order chi connectivity index (χ0) is 56.4. The Bertz CT molecular complexity index is 1440. The van der Waals surface area contributed by atoms with Crippen LogP contribution < -0.4 is 0 Å². The Labute approximate surface area is 484 Å². The molecule has 78 heavy (non-hydrogen) atoms. The van der Waals surface area contributed by atoms with Crippen molar-refractivity contribution in [1.82, 2.24) is 0 Å². The first-order valence-corrected chi connectivity index (χ1v) is 33.9. The average Bonchev–Trinajstić information content (AvgIpc) is 3.44. The van der Waals surface area contributed by atoms with Crippen molar-refractivity contribution >= 4 is 17.9 Å². The minimum Gasteiger partial charge on any atom is -0.462 e. The average molecular weight is 1090 g/mol. The maximum Gasteiger partial charge on any atom is 0.306 e. The lowest BCUT2D eigenvalue weighted by Crippen LogP contribution is -2.30. The first kappa shape index (κ1) is 74.8. The zero-order valence-corrected chi connectivity index (χ0v) is 51.9. The van der Waals surface area contributed by atoms with E-state index in [4.69, 9.17) is 14.2 Å². The number of ether oxygens (including phenoxy) is 3. The number of unbranched alkanes of at least 4 members (excludes halogenated alkanes) is 39. The lowest BCUT2D eigenvalue weighted by molar-refractivity contribution is -0.167. The molecule has 0 aromatic carbocycles. The van der Waals surface area contributed by atoms with Crippen molar-refractivity contribution in [3.63, 3.8) is 0 Å². The molecular formula is C72H128O6. The maximum atomic E-state index is 12.9. The van der Waals surface area contributed by atoms with Crippen LogP contribution in [0.15, 0.2) is 72.9 Å². The van der Waals surface area contributed by atoms with Crippen LogP contribution in [0.2, 0.25) is 0 Å². The number of allylic oxidation sites excluding steroid dienone is 12. The lowest BCUT2D eigenvalue weighted by Gasteiger charge is -2.18. The van der Waals surface area contributed by atoms with Gasteiger partial charge < -0.3 is 14.2 Å². The SMILES string of the molecule is CC/C=C\C/C=C\C/C=C\C/C=C\C/C=C\CCCCCCCCCCCCCCCCCCCCCC(=O)OCC(COC(=O)CCCCCCCCC)OC(=O)CCCCCCCCC/C=C\CCCCCCCCC. The molecule has 0 aliphatic rings. The second-order valence-electron chi connectivity index (χ2n) is 22.7. The molecule has 1 atom stereocenters. The third-order valence-corrected chi connectivity index (χ3v) is 14.9. The van der Waals surface area contributed by atoms with Crippen LogP contribution in [-0.2, 0) is 28.6 Å². The Hall–Kier alpha value is -3.15. The Balaban J connectivity index is 3.98. The second kappa shape index (κ2) is 66.4. The first-order valence-electron chi connectivity index (χ1n) is 33.9. The fraction of sp³-hybridized carbons (Fsp3) is 0.792. The minimum absolute atomic E-state index is 0.0715. The molecule has 0 rings (SSSR count). The van der Waals surface area contributed by atoms with Crippen LogP contribution in [0, 0.1) is 0 Å². The highest BCUT2D eigenvalue weighted by Gasteiger charge is 2.19. The van der Waals surface area contributed by atoms with Crippen molar-refractivity contribution in [3.8, 4) is 0 Å². The molecule has 6 nitrogen and oxygen atoms in total. The standard InChI is InChI=1S/C72H128O6/c1-4-7-10-13-16-18-20-22-24-26-28-29-30-31-32-33-34-35-36-37-38-39-40-41-42-43-44-46-47-49-51-53-56-59-62-65-71(74)77-68-69(67-76-70(73)64-61-58-55-15-12-9-6-3)78-72(75)66-63-60-57-54-52-50-48-45-27-25-23-21-19-17-14-11-8-5-2/h7,10,16,18,22,24-25,27-29,31-32,69H,4-6,8-9,11-15,17,19-21,23,26,30,33-68H2,1-3H3/b10-7-,18-16-,24-22-,27-25-,29-28-,32-31-. The number of carbonyl (C=O) groups excluding carboxylic acids is 3. The second-order valence-corrected chi connectivity index (χ2v) is 22.7. The van der Waals surface area contributed by atoms with Gasteiger partial charge in [0.25, 0.3) is 0 Å². The van der Waals surface area contributed by atoms with Gasteiger partial charge in [0, 0.05) is 19.3 Å².